The zero-order valence-electron chi connectivity index (χ0n) is 13.7. The van der Waals surface area contributed by atoms with Gasteiger partial charge in [0.1, 0.15) is 5.82 Å². The number of halogens is 1. The van der Waals surface area contributed by atoms with E-state index in [4.69, 9.17) is 0 Å². The molecule has 1 unspecified atom stereocenters. The van der Waals surface area contributed by atoms with Crippen LogP contribution in [0.3, 0.4) is 0 Å². The van der Waals surface area contributed by atoms with Crippen molar-refractivity contribution in [1.82, 2.24) is 5.32 Å². The Morgan fingerprint density at radius 3 is 2.58 bits per heavy atom. The topological polar surface area (TPSA) is 66.4 Å². The smallest absolute Gasteiger partial charge is 0.308 e. The van der Waals surface area contributed by atoms with Crippen LogP contribution in [-0.2, 0) is 11.2 Å². The highest BCUT2D eigenvalue weighted by Crippen LogP contribution is 2.13. The molecule has 0 aliphatic carbocycles. The van der Waals surface area contributed by atoms with Crippen molar-refractivity contribution in [3.63, 3.8) is 0 Å². The van der Waals surface area contributed by atoms with Crippen LogP contribution < -0.4 is 5.32 Å². The number of carbonyl (C=O) groups is 2. The van der Waals surface area contributed by atoms with Crippen molar-refractivity contribution < 1.29 is 19.1 Å². The van der Waals surface area contributed by atoms with Gasteiger partial charge in [-0.15, -0.1) is 0 Å². The van der Waals surface area contributed by atoms with Gasteiger partial charge < -0.3 is 10.4 Å². The van der Waals surface area contributed by atoms with E-state index in [9.17, 15) is 19.1 Å². The molecular weight excluding hydrogens is 309 g/mol. The maximum atomic E-state index is 13.3. The number of aliphatic carboxylic acids is 1. The Balaban J connectivity index is 2.04. The molecule has 0 spiro atoms. The second-order valence-electron chi connectivity index (χ2n) is 5.90. The molecule has 2 aromatic rings. The van der Waals surface area contributed by atoms with Crippen molar-refractivity contribution in [2.24, 2.45) is 5.92 Å². The molecular formula is C19H20FNO3. The summed E-state index contributed by atoms with van der Waals surface area (Å²) >= 11 is 0. The molecule has 0 saturated carbocycles. The first kappa shape index (κ1) is 17.7. The monoisotopic (exact) mass is 329 g/mol. The third kappa shape index (κ3) is 4.65. The zero-order valence-corrected chi connectivity index (χ0v) is 13.7. The summed E-state index contributed by atoms with van der Waals surface area (Å²) < 4.78 is 13.3. The van der Waals surface area contributed by atoms with Crippen molar-refractivity contribution in [2.75, 3.05) is 6.54 Å². The van der Waals surface area contributed by atoms with Gasteiger partial charge in [-0.3, -0.25) is 9.59 Å². The zero-order chi connectivity index (χ0) is 17.7. The van der Waals surface area contributed by atoms with Crippen molar-refractivity contribution in [1.29, 1.82) is 0 Å². The van der Waals surface area contributed by atoms with E-state index >= 15 is 0 Å². The highest BCUT2D eigenvalue weighted by atomic mass is 19.1. The van der Waals surface area contributed by atoms with E-state index in [0.717, 1.165) is 17.2 Å². The van der Waals surface area contributed by atoms with Crippen LogP contribution in [0.15, 0.2) is 42.5 Å². The van der Waals surface area contributed by atoms with Crippen molar-refractivity contribution in [2.45, 2.75) is 20.3 Å². The third-order valence-corrected chi connectivity index (χ3v) is 3.87. The summed E-state index contributed by atoms with van der Waals surface area (Å²) in [6, 6.07) is 11.6. The quantitative estimate of drug-likeness (QED) is 0.856. The molecule has 5 heteroatoms. The molecule has 0 aliphatic rings. The van der Waals surface area contributed by atoms with Crippen LogP contribution in [0, 0.1) is 25.6 Å². The molecule has 0 fully saturated rings. The number of carboxylic acid groups (broad SMARTS) is 1. The van der Waals surface area contributed by atoms with Gasteiger partial charge in [0.15, 0.2) is 0 Å². The second kappa shape index (κ2) is 7.73. The molecule has 1 amide bonds. The fraction of sp³-hybridized carbons (Fsp3) is 0.263. The molecule has 0 aromatic heterocycles. The maximum Gasteiger partial charge on any atom is 0.308 e. The Morgan fingerprint density at radius 1 is 1.17 bits per heavy atom. The van der Waals surface area contributed by atoms with E-state index in [1.54, 1.807) is 6.92 Å². The van der Waals surface area contributed by atoms with Gasteiger partial charge in [-0.25, -0.2) is 4.39 Å². The van der Waals surface area contributed by atoms with Gasteiger partial charge in [-0.1, -0.05) is 35.9 Å². The molecule has 2 rings (SSSR count). The molecule has 2 aromatic carbocycles. The first-order chi connectivity index (χ1) is 11.4. The minimum Gasteiger partial charge on any atom is -0.481 e. The summed E-state index contributed by atoms with van der Waals surface area (Å²) in [5.41, 5.74) is 2.81. The molecule has 0 radical (unpaired) electrons. The van der Waals surface area contributed by atoms with Crippen LogP contribution in [0.1, 0.15) is 27.0 Å². The molecule has 0 saturated heterocycles. The van der Waals surface area contributed by atoms with Gasteiger partial charge in [0.2, 0.25) is 0 Å². The first-order valence-corrected chi connectivity index (χ1v) is 7.69. The van der Waals surface area contributed by atoms with E-state index in [1.165, 1.54) is 12.1 Å². The lowest BCUT2D eigenvalue weighted by Gasteiger charge is -2.14. The fourth-order valence-corrected chi connectivity index (χ4v) is 2.52. The predicted octanol–water partition coefficient (Wildman–Crippen LogP) is 3.12. The standard InChI is InChI=1S/C19H20FNO3/c1-12-4-3-5-14(8-12)9-15(19(23)24)11-21-18(22)17-10-16(20)7-6-13(17)2/h3-8,10,15H,9,11H2,1-2H3,(H,21,22)(H,23,24). The Kier molecular flexibility index (Phi) is 5.68. The lowest BCUT2D eigenvalue weighted by Crippen LogP contribution is -2.34. The highest BCUT2D eigenvalue weighted by Gasteiger charge is 2.20. The Labute approximate surface area is 140 Å². The van der Waals surface area contributed by atoms with Crippen LogP contribution >= 0.6 is 0 Å². The van der Waals surface area contributed by atoms with Crippen LogP contribution in [0.5, 0.6) is 0 Å². The average molecular weight is 329 g/mol. The number of rotatable bonds is 6. The van der Waals surface area contributed by atoms with Gasteiger partial charge in [-0.05, 0) is 43.5 Å². The molecule has 0 bridgehead atoms. The summed E-state index contributed by atoms with van der Waals surface area (Å²) in [6.45, 7) is 3.63. The molecule has 0 heterocycles. The van der Waals surface area contributed by atoms with E-state index in [-0.39, 0.29) is 12.1 Å². The van der Waals surface area contributed by atoms with Gasteiger partial charge in [0.25, 0.3) is 5.91 Å². The largest absolute Gasteiger partial charge is 0.481 e. The second-order valence-corrected chi connectivity index (χ2v) is 5.90. The van der Waals surface area contributed by atoms with E-state index in [2.05, 4.69) is 5.32 Å². The van der Waals surface area contributed by atoms with Gasteiger partial charge in [-0.2, -0.15) is 0 Å². The summed E-state index contributed by atoms with van der Waals surface area (Å²) in [7, 11) is 0. The number of benzene rings is 2. The summed E-state index contributed by atoms with van der Waals surface area (Å²) in [6.07, 6.45) is 0.319. The molecule has 1 atom stereocenters. The Hall–Kier alpha value is -2.69. The minimum absolute atomic E-state index is 0.0158. The van der Waals surface area contributed by atoms with Gasteiger partial charge >= 0.3 is 5.97 Å². The number of hydrogen-bond donors (Lipinski definition) is 2. The van der Waals surface area contributed by atoms with Crippen LogP contribution in [0.4, 0.5) is 4.39 Å². The summed E-state index contributed by atoms with van der Waals surface area (Å²) in [4.78, 5) is 23.6. The lowest BCUT2D eigenvalue weighted by molar-refractivity contribution is -0.141. The van der Waals surface area contributed by atoms with Crippen molar-refractivity contribution in [3.05, 3.63) is 70.5 Å². The summed E-state index contributed by atoms with van der Waals surface area (Å²) in [5.74, 6) is -2.69. The molecule has 4 nitrogen and oxygen atoms in total. The number of carboxylic acids is 1. The predicted molar refractivity (Wildman–Crippen MR) is 89.5 cm³/mol. The van der Waals surface area contributed by atoms with E-state index < -0.39 is 23.6 Å². The Bertz CT molecular complexity index is 758. The number of amides is 1. The average Bonchev–Trinajstić information content (AvgIpc) is 2.53. The number of nitrogens with one attached hydrogen (secondary N) is 1. The molecule has 126 valence electrons. The lowest BCUT2D eigenvalue weighted by atomic mass is 9.98. The molecule has 24 heavy (non-hydrogen) atoms. The van der Waals surface area contributed by atoms with Crippen molar-refractivity contribution in [3.8, 4) is 0 Å². The molecule has 2 N–H and O–H groups in total. The maximum absolute atomic E-state index is 13.3. The van der Waals surface area contributed by atoms with E-state index in [0.29, 0.717) is 12.0 Å². The minimum atomic E-state index is -0.979. The Morgan fingerprint density at radius 2 is 1.92 bits per heavy atom. The van der Waals surface area contributed by atoms with Crippen LogP contribution in [-0.4, -0.2) is 23.5 Å². The van der Waals surface area contributed by atoms with Gasteiger partial charge in [0, 0.05) is 12.1 Å². The first-order valence-electron chi connectivity index (χ1n) is 7.69. The number of aryl methyl sites for hydroxylation is 2. The molecule has 0 aliphatic heterocycles. The van der Waals surface area contributed by atoms with Crippen LogP contribution in [0.2, 0.25) is 0 Å². The third-order valence-electron chi connectivity index (χ3n) is 3.87. The van der Waals surface area contributed by atoms with Crippen LogP contribution in [0.25, 0.3) is 0 Å². The number of carbonyl (C=O) groups excluding carboxylic acids is 1. The van der Waals surface area contributed by atoms with E-state index in [1.807, 2.05) is 31.2 Å². The van der Waals surface area contributed by atoms with Crippen molar-refractivity contribution >= 4 is 11.9 Å². The highest BCUT2D eigenvalue weighted by molar-refractivity contribution is 5.95. The normalized spacial score (nSPS) is 11.8. The fourth-order valence-electron chi connectivity index (χ4n) is 2.52. The summed E-state index contributed by atoms with van der Waals surface area (Å²) in [5, 5.41) is 12.0. The SMILES string of the molecule is Cc1cccc(CC(CNC(=O)c2cc(F)ccc2C)C(=O)O)c1. The number of hydrogen-bond acceptors (Lipinski definition) is 2. The van der Waals surface area contributed by atoms with Gasteiger partial charge in [0.05, 0.1) is 5.92 Å².